The van der Waals surface area contributed by atoms with E-state index in [1.165, 1.54) is 5.56 Å². The zero-order chi connectivity index (χ0) is 17.7. The highest BCUT2D eigenvalue weighted by atomic mass is 16.2. The molecule has 1 amide bonds. The number of Topliss-reactive ketones (excluding diaryl/α,β-unsaturated/α-hetero) is 1. The molecule has 4 nitrogen and oxygen atoms in total. The summed E-state index contributed by atoms with van der Waals surface area (Å²) in [5, 5.41) is 0. The highest BCUT2D eigenvalue weighted by molar-refractivity contribution is 5.98. The van der Waals surface area contributed by atoms with Crippen LogP contribution in [0.2, 0.25) is 0 Å². The van der Waals surface area contributed by atoms with Crippen LogP contribution in [0.5, 0.6) is 0 Å². The number of hydrogen-bond donors (Lipinski definition) is 1. The van der Waals surface area contributed by atoms with Gasteiger partial charge in [-0.15, -0.1) is 0 Å². The van der Waals surface area contributed by atoms with Crippen LogP contribution >= 0.6 is 0 Å². The normalized spacial score (nSPS) is 20.6. The summed E-state index contributed by atoms with van der Waals surface area (Å²) >= 11 is 0. The maximum Gasteiger partial charge on any atom is 0.223 e. The maximum absolute atomic E-state index is 12.3. The first-order valence-electron chi connectivity index (χ1n) is 8.93. The van der Waals surface area contributed by atoms with Gasteiger partial charge in [-0.2, -0.15) is 0 Å². The second-order valence-corrected chi connectivity index (χ2v) is 7.80. The lowest BCUT2D eigenvalue weighted by Gasteiger charge is -2.22. The number of hydrogen-bond acceptors (Lipinski definition) is 3. The molecule has 2 rings (SSSR count). The van der Waals surface area contributed by atoms with Gasteiger partial charge < -0.3 is 10.6 Å². The SMILES string of the molecule is CC(C)Cc1ccc(C(=O)CCC(=O)N2CCC(C)(CN)C2)cc1. The number of likely N-dealkylation sites (tertiary alicyclic amines) is 1. The summed E-state index contributed by atoms with van der Waals surface area (Å²) in [5.74, 6) is 0.709. The number of carbonyl (C=O) groups is 2. The minimum absolute atomic E-state index is 0.0336. The molecule has 1 atom stereocenters. The summed E-state index contributed by atoms with van der Waals surface area (Å²) in [6, 6.07) is 7.79. The molecule has 1 heterocycles. The van der Waals surface area contributed by atoms with Crippen molar-refractivity contribution in [2.45, 2.75) is 46.5 Å². The summed E-state index contributed by atoms with van der Waals surface area (Å²) < 4.78 is 0. The van der Waals surface area contributed by atoms with Gasteiger partial charge in [0.2, 0.25) is 5.91 Å². The van der Waals surface area contributed by atoms with Crippen LogP contribution in [0.1, 0.15) is 56.0 Å². The minimum atomic E-state index is 0.0336. The van der Waals surface area contributed by atoms with Crippen molar-refractivity contribution in [2.75, 3.05) is 19.6 Å². The lowest BCUT2D eigenvalue weighted by atomic mass is 9.90. The van der Waals surface area contributed by atoms with E-state index in [0.29, 0.717) is 24.6 Å². The molecule has 0 saturated carbocycles. The van der Waals surface area contributed by atoms with Gasteiger partial charge in [-0.3, -0.25) is 9.59 Å². The lowest BCUT2D eigenvalue weighted by molar-refractivity contribution is -0.130. The molecule has 2 N–H and O–H groups in total. The molecule has 1 saturated heterocycles. The van der Waals surface area contributed by atoms with E-state index < -0.39 is 0 Å². The third-order valence-electron chi connectivity index (χ3n) is 4.89. The molecule has 1 aliphatic heterocycles. The number of rotatable bonds is 7. The summed E-state index contributed by atoms with van der Waals surface area (Å²) in [6.07, 6.45) is 2.52. The number of benzene rings is 1. The van der Waals surface area contributed by atoms with Crippen LogP contribution in [0.3, 0.4) is 0 Å². The molecule has 0 bridgehead atoms. The van der Waals surface area contributed by atoms with Gasteiger partial charge in [-0.25, -0.2) is 0 Å². The van der Waals surface area contributed by atoms with E-state index in [9.17, 15) is 9.59 Å². The summed E-state index contributed by atoms with van der Waals surface area (Å²) in [5.41, 5.74) is 7.76. The van der Waals surface area contributed by atoms with E-state index in [0.717, 1.165) is 19.4 Å². The van der Waals surface area contributed by atoms with E-state index >= 15 is 0 Å². The fourth-order valence-corrected chi connectivity index (χ4v) is 3.22. The van der Waals surface area contributed by atoms with Crippen LogP contribution in [-0.2, 0) is 11.2 Å². The Kier molecular flexibility index (Phi) is 6.16. The first kappa shape index (κ1) is 18.7. The van der Waals surface area contributed by atoms with E-state index in [1.807, 2.05) is 29.2 Å². The van der Waals surface area contributed by atoms with Crippen molar-refractivity contribution in [1.82, 2.24) is 4.90 Å². The molecule has 0 radical (unpaired) electrons. The van der Waals surface area contributed by atoms with Crippen LogP contribution in [0.4, 0.5) is 0 Å². The standard InChI is InChI=1S/C20H30N2O2/c1-15(2)12-16-4-6-17(7-5-16)18(23)8-9-19(24)22-11-10-20(3,13-21)14-22/h4-7,15H,8-14,21H2,1-3H3. The molecule has 1 aromatic rings. The monoisotopic (exact) mass is 330 g/mol. The Morgan fingerprint density at radius 3 is 2.42 bits per heavy atom. The predicted octanol–water partition coefficient (Wildman–Crippen LogP) is 3.05. The van der Waals surface area contributed by atoms with Gasteiger partial charge in [0.25, 0.3) is 0 Å². The Morgan fingerprint density at radius 2 is 1.88 bits per heavy atom. The first-order valence-corrected chi connectivity index (χ1v) is 8.93. The van der Waals surface area contributed by atoms with Crippen molar-refractivity contribution in [1.29, 1.82) is 0 Å². The number of nitrogens with two attached hydrogens (primary N) is 1. The zero-order valence-corrected chi connectivity index (χ0v) is 15.2. The maximum atomic E-state index is 12.3. The summed E-state index contributed by atoms with van der Waals surface area (Å²) in [4.78, 5) is 26.4. The molecule has 132 valence electrons. The lowest BCUT2D eigenvalue weighted by Crippen LogP contribution is -2.34. The Bertz CT molecular complexity index is 580. The average molecular weight is 330 g/mol. The van der Waals surface area contributed by atoms with E-state index in [4.69, 9.17) is 5.73 Å². The highest BCUT2D eigenvalue weighted by Crippen LogP contribution is 2.29. The molecule has 1 aromatic carbocycles. The molecule has 24 heavy (non-hydrogen) atoms. The van der Waals surface area contributed by atoms with Crippen LogP contribution in [0.15, 0.2) is 24.3 Å². The topological polar surface area (TPSA) is 63.4 Å². The second kappa shape index (κ2) is 7.93. The number of nitrogens with zero attached hydrogens (tertiary/aromatic N) is 1. The van der Waals surface area contributed by atoms with Gasteiger partial charge in [-0.1, -0.05) is 45.0 Å². The van der Waals surface area contributed by atoms with Gasteiger partial charge in [0, 0.05) is 31.5 Å². The third-order valence-corrected chi connectivity index (χ3v) is 4.89. The highest BCUT2D eigenvalue weighted by Gasteiger charge is 2.34. The van der Waals surface area contributed by atoms with Crippen LogP contribution in [0.25, 0.3) is 0 Å². The molecule has 0 aromatic heterocycles. The van der Waals surface area contributed by atoms with Gasteiger partial charge in [-0.05, 0) is 36.3 Å². The largest absolute Gasteiger partial charge is 0.342 e. The Hall–Kier alpha value is -1.68. The van der Waals surface area contributed by atoms with Crippen molar-refractivity contribution in [3.63, 3.8) is 0 Å². The van der Waals surface area contributed by atoms with Gasteiger partial charge >= 0.3 is 0 Å². The molecule has 1 unspecified atom stereocenters. The van der Waals surface area contributed by atoms with Crippen LogP contribution < -0.4 is 5.73 Å². The second-order valence-electron chi connectivity index (χ2n) is 7.80. The van der Waals surface area contributed by atoms with Crippen molar-refractivity contribution >= 4 is 11.7 Å². The third kappa shape index (κ3) is 4.91. The fourth-order valence-electron chi connectivity index (χ4n) is 3.22. The van der Waals surface area contributed by atoms with Crippen LogP contribution in [-0.4, -0.2) is 36.2 Å². The van der Waals surface area contributed by atoms with Crippen LogP contribution in [0, 0.1) is 11.3 Å². The van der Waals surface area contributed by atoms with Gasteiger partial charge in [0.05, 0.1) is 0 Å². The Labute approximate surface area is 145 Å². The molecule has 0 spiro atoms. The molecule has 0 aliphatic carbocycles. The van der Waals surface area contributed by atoms with E-state index in [2.05, 4.69) is 20.8 Å². The minimum Gasteiger partial charge on any atom is -0.342 e. The number of amides is 1. The molecule has 1 aliphatic rings. The quantitative estimate of drug-likeness (QED) is 0.782. The molecular formula is C20H30N2O2. The number of carbonyl (C=O) groups excluding carboxylic acids is 2. The zero-order valence-electron chi connectivity index (χ0n) is 15.2. The van der Waals surface area contributed by atoms with Gasteiger partial charge in [0.1, 0.15) is 0 Å². The fraction of sp³-hybridized carbons (Fsp3) is 0.600. The summed E-state index contributed by atoms with van der Waals surface area (Å²) in [6.45, 7) is 8.53. The number of ketones is 1. The summed E-state index contributed by atoms with van der Waals surface area (Å²) in [7, 11) is 0. The van der Waals surface area contributed by atoms with E-state index in [1.54, 1.807) is 0 Å². The molecule has 1 fully saturated rings. The van der Waals surface area contributed by atoms with Crippen molar-refractivity contribution < 1.29 is 9.59 Å². The Morgan fingerprint density at radius 1 is 1.21 bits per heavy atom. The van der Waals surface area contributed by atoms with Crippen molar-refractivity contribution in [3.8, 4) is 0 Å². The van der Waals surface area contributed by atoms with Gasteiger partial charge in [0.15, 0.2) is 5.78 Å². The average Bonchev–Trinajstić information content (AvgIpc) is 2.96. The van der Waals surface area contributed by atoms with Crippen molar-refractivity contribution in [3.05, 3.63) is 35.4 Å². The van der Waals surface area contributed by atoms with E-state index in [-0.39, 0.29) is 29.9 Å². The Balaban J connectivity index is 1.83. The predicted molar refractivity (Wildman–Crippen MR) is 96.9 cm³/mol. The molecular weight excluding hydrogens is 300 g/mol. The van der Waals surface area contributed by atoms with Crippen molar-refractivity contribution in [2.24, 2.45) is 17.1 Å². The first-order chi connectivity index (χ1) is 11.3. The smallest absolute Gasteiger partial charge is 0.223 e. The molecule has 4 heteroatoms.